The van der Waals surface area contributed by atoms with Gasteiger partial charge in [0, 0.05) is 7.05 Å². The van der Waals surface area contributed by atoms with Crippen molar-refractivity contribution in [2.45, 2.75) is 19.8 Å². The van der Waals surface area contributed by atoms with Gasteiger partial charge in [-0.2, -0.15) is 0 Å². The molecule has 4 nitrogen and oxygen atoms in total. The molecule has 1 rings (SSSR count). The van der Waals surface area contributed by atoms with Gasteiger partial charge in [0.25, 0.3) is 0 Å². The minimum absolute atomic E-state index is 0.867. The first-order valence-electron chi connectivity index (χ1n) is 4.50. The lowest BCUT2D eigenvalue weighted by Gasteiger charge is -2.02. The molecule has 5 heteroatoms. The van der Waals surface area contributed by atoms with Crippen molar-refractivity contribution >= 4 is 15.9 Å². The summed E-state index contributed by atoms with van der Waals surface area (Å²) in [6.07, 6.45) is 2.13. The van der Waals surface area contributed by atoms with E-state index < -0.39 is 0 Å². The number of hydrogen-bond acceptors (Lipinski definition) is 3. The van der Waals surface area contributed by atoms with E-state index in [0.717, 1.165) is 36.2 Å². The maximum atomic E-state index is 3.92. The van der Waals surface area contributed by atoms with E-state index in [0.29, 0.717) is 0 Å². The highest BCUT2D eigenvalue weighted by molar-refractivity contribution is 9.10. The smallest absolute Gasteiger partial charge is 0.151 e. The zero-order valence-electron chi connectivity index (χ0n) is 8.05. The van der Waals surface area contributed by atoms with Crippen LogP contribution in [-0.4, -0.2) is 28.1 Å². The van der Waals surface area contributed by atoms with E-state index in [1.54, 1.807) is 0 Å². The van der Waals surface area contributed by atoms with E-state index >= 15 is 0 Å². The van der Waals surface area contributed by atoms with E-state index in [9.17, 15) is 0 Å². The molecule has 1 aromatic rings. The lowest BCUT2D eigenvalue weighted by atomic mass is 10.2. The van der Waals surface area contributed by atoms with Crippen LogP contribution in [0.3, 0.4) is 0 Å². The summed E-state index contributed by atoms with van der Waals surface area (Å²) < 4.78 is 2.68. The molecule has 0 unspecified atom stereocenters. The van der Waals surface area contributed by atoms with E-state index in [2.05, 4.69) is 38.5 Å². The Bertz CT molecular complexity index is 239. The molecule has 1 aromatic heterocycles. The monoisotopic (exact) mass is 246 g/mol. The summed E-state index contributed by atoms with van der Waals surface area (Å²) in [5.74, 6) is 0. The molecule has 0 fully saturated rings. The van der Waals surface area contributed by atoms with Crippen LogP contribution >= 0.6 is 15.9 Å². The van der Waals surface area contributed by atoms with E-state index in [1.165, 1.54) is 0 Å². The Morgan fingerprint density at radius 3 is 2.85 bits per heavy atom. The maximum Gasteiger partial charge on any atom is 0.151 e. The molecular formula is C8H15BrN4. The van der Waals surface area contributed by atoms with Crippen LogP contribution in [0.2, 0.25) is 0 Å². The molecule has 0 saturated heterocycles. The standard InChI is InChI=1S/C8H15BrN4/c1-3-10-6-4-5-7-8(9)11-12-13(7)2/h10H,3-6H2,1-2H3. The molecule has 1 N–H and O–H groups in total. The summed E-state index contributed by atoms with van der Waals surface area (Å²) in [6.45, 7) is 4.19. The number of rotatable bonds is 5. The van der Waals surface area contributed by atoms with Gasteiger partial charge < -0.3 is 5.32 Å². The average Bonchev–Trinajstić information content (AvgIpc) is 2.42. The Labute approximate surface area is 86.8 Å². The van der Waals surface area contributed by atoms with Gasteiger partial charge >= 0.3 is 0 Å². The third-order valence-electron chi connectivity index (χ3n) is 1.91. The largest absolute Gasteiger partial charge is 0.317 e. The molecule has 0 bridgehead atoms. The van der Waals surface area contributed by atoms with Crippen LogP contribution in [0.25, 0.3) is 0 Å². The molecular weight excluding hydrogens is 232 g/mol. The van der Waals surface area contributed by atoms with Crippen LogP contribution in [-0.2, 0) is 13.5 Å². The fourth-order valence-electron chi connectivity index (χ4n) is 1.17. The number of nitrogens with one attached hydrogen (secondary N) is 1. The second kappa shape index (κ2) is 5.34. The fourth-order valence-corrected chi connectivity index (χ4v) is 1.70. The van der Waals surface area contributed by atoms with E-state index in [4.69, 9.17) is 0 Å². The van der Waals surface area contributed by atoms with Crippen molar-refractivity contribution in [2.24, 2.45) is 7.05 Å². The number of nitrogens with zero attached hydrogens (tertiary/aromatic N) is 3. The quantitative estimate of drug-likeness (QED) is 0.793. The second-order valence-corrected chi connectivity index (χ2v) is 3.66. The van der Waals surface area contributed by atoms with Crippen molar-refractivity contribution in [1.82, 2.24) is 20.3 Å². The van der Waals surface area contributed by atoms with E-state index in [-0.39, 0.29) is 0 Å². The summed E-state index contributed by atoms with van der Waals surface area (Å²) in [6, 6.07) is 0. The highest BCUT2D eigenvalue weighted by atomic mass is 79.9. The molecule has 0 aliphatic rings. The molecule has 74 valence electrons. The third kappa shape index (κ3) is 3.08. The van der Waals surface area contributed by atoms with E-state index in [1.807, 2.05) is 11.7 Å². The van der Waals surface area contributed by atoms with Crippen LogP contribution in [0.4, 0.5) is 0 Å². The molecule has 1 heterocycles. The molecule has 13 heavy (non-hydrogen) atoms. The highest BCUT2D eigenvalue weighted by Gasteiger charge is 2.06. The molecule has 0 amide bonds. The van der Waals surface area contributed by atoms with Gasteiger partial charge in [0.2, 0.25) is 0 Å². The van der Waals surface area contributed by atoms with Crippen molar-refractivity contribution < 1.29 is 0 Å². The van der Waals surface area contributed by atoms with Crippen molar-refractivity contribution in [2.75, 3.05) is 13.1 Å². The molecule has 0 saturated carbocycles. The SMILES string of the molecule is CCNCCCc1c(Br)nnn1C. The van der Waals surface area contributed by atoms with Gasteiger partial charge in [-0.3, -0.25) is 4.68 Å². The molecule has 0 atom stereocenters. The summed E-state index contributed by atoms with van der Waals surface area (Å²) >= 11 is 3.37. The molecule has 0 aliphatic heterocycles. The summed E-state index contributed by atoms with van der Waals surface area (Å²) in [7, 11) is 1.92. The Balaban J connectivity index is 2.36. The first kappa shape index (κ1) is 10.7. The number of aromatic nitrogens is 3. The number of aryl methyl sites for hydroxylation is 1. The average molecular weight is 247 g/mol. The minimum atomic E-state index is 0.867. The fraction of sp³-hybridized carbons (Fsp3) is 0.750. The number of hydrogen-bond donors (Lipinski definition) is 1. The van der Waals surface area contributed by atoms with Gasteiger partial charge in [-0.1, -0.05) is 12.1 Å². The van der Waals surface area contributed by atoms with Gasteiger partial charge in [0.05, 0.1) is 5.69 Å². The van der Waals surface area contributed by atoms with Crippen LogP contribution in [0, 0.1) is 0 Å². The summed E-state index contributed by atoms with van der Waals surface area (Å²) in [5, 5.41) is 11.1. The van der Waals surface area contributed by atoms with Gasteiger partial charge in [0.15, 0.2) is 4.60 Å². The van der Waals surface area contributed by atoms with Crippen molar-refractivity contribution in [3.05, 3.63) is 10.3 Å². The Kier molecular flexibility index (Phi) is 4.38. The molecule has 0 radical (unpaired) electrons. The van der Waals surface area contributed by atoms with Crippen LogP contribution in [0.5, 0.6) is 0 Å². The van der Waals surface area contributed by atoms with Crippen LogP contribution in [0.15, 0.2) is 4.60 Å². The first-order chi connectivity index (χ1) is 6.25. The zero-order chi connectivity index (χ0) is 9.68. The van der Waals surface area contributed by atoms with Crippen LogP contribution < -0.4 is 5.32 Å². The van der Waals surface area contributed by atoms with Crippen LogP contribution in [0.1, 0.15) is 19.0 Å². The third-order valence-corrected chi connectivity index (χ3v) is 2.53. The van der Waals surface area contributed by atoms with Gasteiger partial charge in [-0.05, 0) is 41.9 Å². The summed E-state index contributed by atoms with van der Waals surface area (Å²) in [4.78, 5) is 0. The van der Waals surface area contributed by atoms with Crippen molar-refractivity contribution in [3.63, 3.8) is 0 Å². The molecule has 0 spiro atoms. The minimum Gasteiger partial charge on any atom is -0.317 e. The van der Waals surface area contributed by atoms with Gasteiger partial charge in [-0.25, -0.2) is 0 Å². The van der Waals surface area contributed by atoms with Crippen molar-refractivity contribution in [3.8, 4) is 0 Å². The van der Waals surface area contributed by atoms with Gasteiger partial charge in [0.1, 0.15) is 0 Å². The summed E-state index contributed by atoms with van der Waals surface area (Å²) in [5.41, 5.74) is 1.16. The maximum absolute atomic E-state index is 3.92. The lowest BCUT2D eigenvalue weighted by molar-refractivity contribution is 0.628. The Hall–Kier alpha value is -0.420. The Morgan fingerprint density at radius 1 is 1.54 bits per heavy atom. The van der Waals surface area contributed by atoms with Crippen molar-refractivity contribution in [1.29, 1.82) is 0 Å². The zero-order valence-corrected chi connectivity index (χ0v) is 9.63. The lowest BCUT2D eigenvalue weighted by Crippen LogP contribution is -2.15. The first-order valence-corrected chi connectivity index (χ1v) is 5.29. The number of halogens is 1. The van der Waals surface area contributed by atoms with Gasteiger partial charge in [-0.15, -0.1) is 5.10 Å². The predicted molar refractivity (Wildman–Crippen MR) is 55.6 cm³/mol. The predicted octanol–water partition coefficient (Wildman–Crippen LogP) is 1.12. The Morgan fingerprint density at radius 2 is 2.31 bits per heavy atom. The second-order valence-electron chi connectivity index (χ2n) is 2.91. The topological polar surface area (TPSA) is 42.7 Å². The highest BCUT2D eigenvalue weighted by Crippen LogP contribution is 2.12. The molecule has 0 aliphatic carbocycles. The normalized spacial score (nSPS) is 10.7. The molecule has 0 aromatic carbocycles.